The summed E-state index contributed by atoms with van der Waals surface area (Å²) in [5.41, 5.74) is 16.3. The van der Waals surface area contributed by atoms with E-state index in [4.69, 9.17) is 17.2 Å². The van der Waals surface area contributed by atoms with Gasteiger partial charge in [0, 0.05) is 18.6 Å². The number of amides is 1. The highest BCUT2D eigenvalue weighted by Crippen LogP contribution is 2.57. The number of benzene rings is 3. The first-order valence-corrected chi connectivity index (χ1v) is 15.5. The third-order valence-corrected chi connectivity index (χ3v) is 10.2. The third kappa shape index (κ3) is 4.62. The number of ketones is 4. The number of Topliss-reactive ketones (excluding diaryl/α,β-unsaturated/α-hetero) is 4. The molecule has 12 heteroatoms. The summed E-state index contributed by atoms with van der Waals surface area (Å²) in [6.45, 7) is 1.30. The number of phenols is 1. The van der Waals surface area contributed by atoms with Gasteiger partial charge in [0.2, 0.25) is 5.91 Å². The predicted octanol–water partition coefficient (Wildman–Crippen LogP) is 0.765. The number of carbonyl (C=O) groups is 5. The molecule has 3 aliphatic carbocycles. The molecule has 0 saturated heterocycles. The van der Waals surface area contributed by atoms with E-state index in [1.165, 1.54) is 25.1 Å². The Morgan fingerprint density at radius 2 is 1.58 bits per heavy atom. The van der Waals surface area contributed by atoms with E-state index in [9.17, 15) is 34.3 Å². The Bertz CT molecular complexity index is 1920. The minimum Gasteiger partial charge on any atom is -0.507 e. The summed E-state index contributed by atoms with van der Waals surface area (Å²) in [6.07, 6.45) is -0.612. The Labute approximate surface area is 276 Å². The quantitative estimate of drug-likeness (QED) is 0.225. The van der Waals surface area contributed by atoms with Crippen molar-refractivity contribution in [2.45, 2.75) is 43.1 Å². The standard InChI is InChI=1S/C36H36N6O6/c1-42(2)30-29(45)26(33(38)48)31(46)35(18-37)32(47)27-28(44)25-23(14-34(27,39)17-36(30,35)40)22(12-13-24(25)43)21-10-8-20(9-11-21)16-41-15-19-6-4-3-5-7-19/h3-13,26-27,30,41,43H,14-17,39-40H2,1-2H3,(H2,38,48)/t26?,27?,30-,34-,35+,36-/m1/s1. The maximum atomic E-state index is 14.5. The molecule has 6 atom stereocenters. The molecule has 246 valence electrons. The molecule has 2 saturated carbocycles. The molecule has 1 amide bonds. The van der Waals surface area contributed by atoms with Gasteiger partial charge in [-0.25, -0.2) is 0 Å². The molecule has 12 nitrogen and oxygen atoms in total. The van der Waals surface area contributed by atoms with E-state index >= 15 is 0 Å². The number of likely N-dealkylation sites (N-methyl/N-ethyl adjacent to an activating group) is 1. The molecular formula is C36H36N6O6. The van der Waals surface area contributed by atoms with E-state index in [2.05, 4.69) is 5.32 Å². The van der Waals surface area contributed by atoms with Crippen molar-refractivity contribution in [3.63, 3.8) is 0 Å². The van der Waals surface area contributed by atoms with E-state index in [0.29, 0.717) is 24.2 Å². The van der Waals surface area contributed by atoms with Crippen LogP contribution < -0.4 is 22.5 Å². The number of rotatable bonds is 7. The molecule has 0 radical (unpaired) electrons. The molecule has 2 fully saturated rings. The second-order valence-corrected chi connectivity index (χ2v) is 13.4. The fraction of sp³-hybridized carbons (Fsp3) is 0.333. The molecule has 0 aliphatic heterocycles. The van der Waals surface area contributed by atoms with Crippen LogP contribution >= 0.6 is 0 Å². The first-order chi connectivity index (χ1) is 22.7. The van der Waals surface area contributed by atoms with Crippen LogP contribution in [0.15, 0.2) is 66.7 Å². The van der Waals surface area contributed by atoms with Gasteiger partial charge in [0.25, 0.3) is 0 Å². The van der Waals surface area contributed by atoms with Gasteiger partial charge >= 0.3 is 0 Å². The summed E-state index contributed by atoms with van der Waals surface area (Å²) < 4.78 is 0. The van der Waals surface area contributed by atoms with Crippen LogP contribution in [0, 0.1) is 28.6 Å². The molecule has 3 aromatic carbocycles. The van der Waals surface area contributed by atoms with Gasteiger partial charge in [-0.2, -0.15) is 5.26 Å². The minimum absolute atomic E-state index is 0.142. The number of phenolic OH excluding ortho intramolecular Hbond substituents is 1. The minimum atomic E-state index is -2.78. The fourth-order valence-electron chi connectivity index (χ4n) is 8.23. The Balaban J connectivity index is 1.40. The van der Waals surface area contributed by atoms with E-state index in [1.807, 2.05) is 54.6 Å². The number of fused-ring (bicyclic) bond motifs is 3. The molecule has 3 aromatic rings. The Hall–Kier alpha value is -5.06. The zero-order valence-electron chi connectivity index (χ0n) is 26.5. The van der Waals surface area contributed by atoms with Gasteiger partial charge in [0.05, 0.1) is 23.2 Å². The van der Waals surface area contributed by atoms with Crippen LogP contribution in [0.25, 0.3) is 11.1 Å². The normalized spacial score (nSPS) is 29.5. The van der Waals surface area contributed by atoms with Gasteiger partial charge in [0.15, 0.2) is 34.5 Å². The molecule has 3 aliphatic rings. The number of nitrogens with zero attached hydrogens (tertiary/aromatic N) is 2. The lowest BCUT2D eigenvalue weighted by Crippen LogP contribution is -2.85. The van der Waals surface area contributed by atoms with Gasteiger partial charge < -0.3 is 27.6 Å². The van der Waals surface area contributed by atoms with Crippen LogP contribution in [-0.4, -0.2) is 70.3 Å². The Morgan fingerprint density at radius 1 is 0.958 bits per heavy atom. The zero-order valence-corrected chi connectivity index (χ0v) is 26.5. The monoisotopic (exact) mass is 648 g/mol. The van der Waals surface area contributed by atoms with E-state index in [-0.39, 0.29) is 12.0 Å². The van der Waals surface area contributed by atoms with Crippen molar-refractivity contribution >= 4 is 29.0 Å². The fourth-order valence-corrected chi connectivity index (χ4v) is 8.23. The van der Waals surface area contributed by atoms with Crippen molar-refractivity contribution in [1.82, 2.24) is 10.2 Å². The topological polar surface area (TPSA) is 223 Å². The number of hydrogen-bond acceptors (Lipinski definition) is 11. The van der Waals surface area contributed by atoms with Crippen LogP contribution in [0.2, 0.25) is 0 Å². The summed E-state index contributed by atoms with van der Waals surface area (Å²) in [6, 6.07) is 20.9. The van der Waals surface area contributed by atoms with Crippen LogP contribution in [0.5, 0.6) is 5.75 Å². The Kier molecular flexibility index (Phi) is 7.92. The third-order valence-electron chi connectivity index (χ3n) is 10.2. The SMILES string of the molecule is CN(C)[C@@H]1C(=O)C(C(N)=O)C(=O)[C@@]2(C#N)C(=O)C3C(=O)c4c(O)ccc(-c5ccc(CNCc6ccccc6)cc5)c4C[C@@]3(N)C[C@@]12N. The molecule has 8 N–H and O–H groups in total. The van der Waals surface area contributed by atoms with Crippen molar-refractivity contribution in [3.8, 4) is 22.9 Å². The summed E-state index contributed by atoms with van der Waals surface area (Å²) >= 11 is 0. The van der Waals surface area contributed by atoms with Crippen LogP contribution in [0.1, 0.15) is 33.5 Å². The van der Waals surface area contributed by atoms with Crippen LogP contribution in [-0.2, 0) is 38.7 Å². The molecule has 0 spiro atoms. The van der Waals surface area contributed by atoms with Crippen molar-refractivity contribution in [3.05, 3.63) is 89.0 Å². The van der Waals surface area contributed by atoms with Crippen molar-refractivity contribution in [1.29, 1.82) is 5.26 Å². The lowest BCUT2D eigenvalue weighted by atomic mass is 9.42. The number of primary amides is 1. The highest BCUT2D eigenvalue weighted by atomic mass is 16.3. The van der Waals surface area contributed by atoms with E-state index in [1.54, 1.807) is 12.1 Å². The van der Waals surface area contributed by atoms with E-state index in [0.717, 1.165) is 16.7 Å². The lowest BCUT2D eigenvalue weighted by Gasteiger charge is -2.60. The molecule has 48 heavy (non-hydrogen) atoms. The predicted molar refractivity (Wildman–Crippen MR) is 174 cm³/mol. The van der Waals surface area contributed by atoms with Crippen LogP contribution in [0.4, 0.5) is 0 Å². The van der Waals surface area contributed by atoms with Crippen molar-refractivity contribution in [2.75, 3.05) is 14.1 Å². The largest absolute Gasteiger partial charge is 0.507 e. The van der Waals surface area contributed by atoms with Gasteiger partial charge in [-0.1, -0.05) is 60.7 Å². The Morgan fingerprint density at radius 3 is 2.17 bits per heavy atom. The van der Waals surface area contributed by atoms with Gasteiger partial charge in [-0.15, -0.1) is 0 Å². The molecule has 0 heterocycles. The second kappa shape index (κ2) is 11.6. The van der Waals surface area contributed by atoms with Gasteiger partial charge in [-0.3, -0.25) is 28.9 Å². The number of nitrogens with one attached hydrogen (secondary N) is 1. The maximum Gasteiger partial charge on any atom is 0.235 e. The van der Waals surface area contributed by atoms with Gasteiger partial charge in [-0.05, 0) is 60.8 Å². The lowest BCUT2D eigenvalue weighted by molar-refractivity contribution is -0.166. The summed E-state index contributed by atoms with van der Waals surface area (Å²) in [5, 5.41) is 24.9. The number of aromatic hydroxyl groups is 1. The number of nitrogens with two attached hydrogens (primary N) is 3. The van der Waals surface area contributed by atoms with Crippen LogP contribution in [0.3, 0.4) is 0 Å². The molecule has 2 unspecified atom stereocenters. The van der Waals surface area contributed by atoms with Crippen molar-refractivity contribution < 1.29 is 29.1 Å². The highest BCUT2D eigenvalue weighted by molar-refractivity contribution is 6.33. The zero-order chi connectivity index (χ0) is 34.8. The maximum absolute atomic E-state index is 14.5. The first kappa shape index (κ1) is 32.9. The second-order valence-electron chi connectivity index (χ2n) is 13.4. The number of hydrogen-bond donors (Lipinski definition) is 5. The molecule has 0 bridgehead atoms. The number of carbonyl (C=O) groups excluding carboxylic acids is 5. The summed E-state index contributed by atoms with van der Waals surface area (Å²) in [7, 11) is 2.93. The average molecular weight is 649 g/mol. The average Bonchev–Trinajstić information content (AvgIpc) is 3.01. The van der Waals surface area contributed by atoms with Crippen molar-refractivity contribution in [2.24, 2.45) is 34.5 Å². The molecule has 0 aromatic heterocycles. The highest BCUT2D eigenvalue weighted by Gasteiger charge is 2.78. The number of nitriles is 1. The summed E-state index contributed by atoms with van der Waals surface area (Å²) in [5.74, 6) is -9.99. The smallest absolute Gasteiger partial charge is 0.235 e. The van der Waals surface area contributed by atoms with E-state index < -0.39 is 75.6 Å². The van der Waals surface area contributed by atoms with Gasteiger partial charge in [0.1, 0.15) is 11.7 Å². The molecule has 6 rings (SSSR count). The summed E-state index contributed by atoms with van der Waals surface area (Å²) in [4.78, 5) is 70.0. The molecular weight excluding hydrogens is 612 g/mol. The first-order valence-electron chi connectivity index (χ1n) is 15.5.